The monoisotopic (exact) mass is 230 g/mol. The smallest absolute Gasteiger partial charge is 0.320 e. The molecule has 4 nitrogen and oxygen atoms in total. The summed E-state index contributed by atoms with van der Waals surface area (Å²) in [5.74, 6) is -0.737. The van der Waals surface area contributed by atoms with Crippen LogP contribution in [0.15, 0.2) is 0 Å². The molecule has 3 N–H and O–H groups in total. The third-order valence-corrected chi connectivity index (χ3v) is 2.15. The zero-order valence-corrected chi connectivity index (χ0v) is 9.11. The number of aliphatic carboxylic acids is 1. The minimum Gasteiger partial charge on any atom is -0.480 e. The Balaban J connectivity index is 0. The van der Waals surface area contributed by atoms with Crippen LogP contribution in [0, 0.1) is 0 Å². The number of hydrogen-bond donors (Lipinski definition) is 2. The first-order chi connectivity index (χ1) is 5.11. The van der Waals surface area contributed by atoms with Crippen molar-refractivity contribution in [2.24, 2.45) is 5.73 Å². The summed E-state index contributed by atoms with van der Waals surface area (Å²) >= 11 is 0. The molecule has 0 saturated carbocycles. The van der Waals surface area contributed by atoms with Crippen LogP contribution in [0.1, 0.15) is 12.8 Å². The lowest BCUT2D eigenvalue weighted by Gasteiger charge is -2.32. The first kappa shape index (κ1) is 15.4. The largest absolute Gasteiger partial charge is 0.480 e. The Morgan fingerprint density at radius 3 is 2.38 bits per heavy atom. The van der Waals surface area contributed by atoms with Gasteiger partial charge in [-0.05, 0) is 19.9 Å². The summed E-state index contributed by atoms with van der Waals surface area (Å²) in [4.78, 5) is 12.4. The molecule has 1 heterocycles. The number of piperidine rings is 1. The van der Waals surface area contributed by atoms with Gasteiger partial charge in [0.2, 0.25) is 0 Å². The van der Waals surface area contributed by atoms with Crippen LogP contribution in [0.3, 0.4) is 0 Å². The van der Waals surface area contributed by atoms with Gasteiger partial charge in [0, 0.05) is 12.6 Å². The third-order valence-electron chi connectivity index (χ3n) is 2.15. The van der Waals surface area contributed by atoms with Gasteiger partial charge in [-0.15, -0.1) is 24.8 Å². The van der Waals surface area contributed by atoms with Crippen LogP contribution < -0.4 is 5.73 Å². The first-order valence-corrected chi connectivity index (χ1v) is 3.80. The highest BCUT2D eigenvalue weighted by Crippen LogP contribution is 2.13. The van der Waals surface area contributed by atoms with Gasteiger partial charge in [0.05, 0.1) is 0 Å². The van der Waals surface area contributed by atoms with Crippen molar-refractivity contribution in [1.82, 2.24) is 4.90 Å². The standard InChI is InChI=1S/C7H14N2O2.2ClH/c1-9-4-5(8)2-3-6(9)7(10)11;;/h5-6H,2-4,8H2,1H3,(H,10,11);2*1H. The molecule has 80 valence electrons. The highest BCUT2D eigenvalue weighted by Gasteiger charge is 2.28. The molecule has 0 amide bonds. The quantitative estimate of drug-likeness (QED) is 0.682. The van der Waals surface area contributed by atoms with Crippen molar-refractivity contribution in [3.63, 3.8) is 0 Å². The van der Waals surface area contributed by atoms with Crippen molar-refractivity contribution in [3.05, 3.63) is 0 Å². The molecular formula is C7H16Cl2N2O2. The van der Waals surface area contributed by atoms with Gasteiger partial charge >= 0.3 is 5.97 Å². The Morgan fingerprint density at radius 2 is 2.00 bits per heavy atom. The summed E-state index contributed by atoms with van der Waals surface area (Å²) in [5.41, 5.74) is 5.65. The van der Waals surface area contributed by atoms with E-state index in [1.807, 2.05) is 0 Å². The zero-order valence-electron chi connectivity index (χ0n) is 7.47. The van der Waals surface area contributed by atoms with E-state index in [0.717, 1.165) is 6.42 Å². The second-order valence-electron chi connectivity index (χ2n) is 3.13. The van der Waals surface area contributed by atoms with Crippen molar-refractivity contribution in [3.8, 4) is 0 Å². The predicted molar refractivity (Wildman–Crippen MR) is 55.8 cm³/mol. The molecule has 0 bridgehead atoms. The summed E-state index contributed by atoms with van der Waals surface area (Å²) < 4.78 is 0. The van der Waals surface area contributed by atoms with E-state index in [4.69, 9.17) is 10.8 Å². The number of likely N-dealkylation sites (tertiary alicyclic amines) is 1. The summed E-state index contributed by atoms with van der Waals surface area (Å²) in [6.45, 7) is 0.691. The highest BCUT2D eigenvalue weighted by atomic mass is 35.5. The summed E-state index contributed by atoms with van der Waals surface area (Å²) in [6, 6.07) is -0.176. The van der Waals surface area contributed by atoms with Gasteiger partial charge in [-0.25, -0.2) is 0 Å². The molecule has 1 aliphatic heterocycles. The summed E-state index contributed by atoms with van der Waals surface area (Å²) in [5, 5.41) is 8.71. The number of likely N-dealkylation sites (N-methyl/N-ethyl adjacent to an activating group) is 1. The normalized spacial score (nSPS) is 28.5. The number of nitrogens with zero attached hydrogens (tertiary/aromatic N) is 1. The number of carboxylic acids is 1. The molecule has 0 aromatic rings. The minimum atomic E-state index is -0.737. The third kappa shape index (κ3) is 4.13. The summed E-state index contributed by atoms with van der Waals surface area (Å²) in [7, 11) is 1.80. The molecule has 6 heteroatoms. The summed E-state index contributed by atoms with van der Waals surface area (Å²) in [6.07, 6.45) is 1.49. The number of rotatable bonds is 1. The highest BCUT2D eigenvalue weighted by molar-refractivity contribution is 5.85. The van der Waals surface area contributed by atoms with Crippen LogP contribution in [0.25, 0.3) is 0 Å². The molecule has 0 radical (unpaired) electrons. The van der Waals surface area contributed by atoms with Crippen LogP contribution in [0.5, 0.6) is 0 Å². The number of halogens is 2. The zero-order chi connectivity index (χ0) is 8.43. The van der Waals surface area contributed by atoms with E-state index < -0.39 is 5.97 Å². The Bertz CT molecular complexity index is 169. The maximum atomic E-state index is 10.6. The average Bonchev–Trinajstić information content (AvgIpc) is 1.85. The second kappa shape index (κ2) is 6.43. The topological polar surface area (TPSA) is 66.6 Å². The Kier molecular flexibility index (Phi) is 7.64. The maximum absolute atomic E-state index is 10.6. The molecule has 0 aromatic carbocycles. The van der Waals surface area contributed by atoms with E-state index in [-0.39, 0.29) is 36.9 Å². The lowest BCUT2D eigenvalue weighted by Crippen LogP contribution is -2.49. The van der Waals surface area contributed by atoms with Gasteiger partial charge in [0.15, 0.2) is 0 Å². The molecule has 0 aromatic heterocycles. The van der Waals surface area contributed by atoms with Crippen molar-refractivity contribution in [1.29, 1.82) is 0 Å². The number of carboxylic acid groups (broad SMARTS) is 1. The Morgan fingerprint density at radius 1 is 1.46 bits per heavy atom. The Hall–Kier alpha value is -0.0300. The number of nitrogens with two attached hydrogens (primary N) is 1. The molecule has 2 atom stereocenters. The maximum Gasteiger partial charge on any atom is 0.320 e. The van der Waals surface area contributed by atoms with Gasteiger partial charge in [0.1, 0.15) is 6.04 Å². The molecule has 1 saturated heterocycles. The van der Waals surface area contributed by atoms with E-state index >= 15 is 0 Å². The van der Waals surface area contributed by atoms with Crippen LogP contribution >= 0.6 is 24.8 Å². The molecule has 0 spiro atoms. The van der Waals surface area contributed by atoms with E-state index in [2.05, 4.69) is 0 Å². The van der Waals surface area contributed by atoms with Gasteiger partial charge < -0.3 is 10.8 Å². The molecular weight excluding hydrogens is 215 g/mol. The minimum absolute atomic E-state index is 0. The molecule has 2 unspecified atom stereocenters. The van der Waals surface area contributed by atoms with Gasteiger partial charge in [0.25, 0.3) is 0 Å². The first-order valence-electron chi connectivity index (χ1n) is 3.80. The van der Waals surface area contributed by atoms with Crippen LogP contribution in [-0.4, -0.2) is 41.7 Å². The molecule has 1 rings (SSSR count). The van der Waals surface area contributed by atoms with Crippen molar-refractivity contribution in [2.45, 2.75) is 24.9 Å². The van der Waals surface area contributed by atoms with E-state index in [1.165, 1.54) is 0 Å². The molecule has 1 aliphatic rings. The lowest BCUT2D eigenvalue weighted by molar-refractivity contribution is -0.144. The number of hydrogen-bond acceptors (Lipinski definition) is 3. The lowest BCUT2D eigenvalue weighted by atomic mass is 10.00. The second-order valence-corrected chi connectivity index (χ2v) is 3.13. The van der Waals surface area contributed by atoms with E-state index in [0.29, 0.717) is 13.0 Å². The van der Waals surface area contributed by atoms with Crippen LogP contribution in [0.2, 0.25) is 0 Å². The van der Waals surface area contributed by atoms with Crippen molar-refractivity contribution < 1.29 is 9.90 Å². The molecule has 1 fully saturated rings. The van der Waals surface area contributed by atoms with E-state index in [1.54, 1.807) is 11.9 Å². The SMILES string of the molecule is CN1CC(N)CCC1C(=O)O.Cl.Cl. The fourth-order valence-electron chi connectivity index (χ4n) is 1.49. The molecule has 13 heavy (non-hydrogen) atoms. The average molecular weight is 231 g/mol. The van der Waals surface area contributed by atoms with Crippen LogP contribution in [0.4, 0.5) is 0 Å². The van der Waals surface area contributed by atoms with Gasteiger partial charge in [-0.2, -0.15) is 0 Å². The predicted octanol–water partition coefficient (Wildman–Crippen LogP) is 0.336. The molecule has 0 aliphatic carbocycles. The fraction of sp³-hybridized carbons (Fsp3) is 0.857. The fourth-order valence-corrected chi connectivity index (χ4v) is 1.49. The Labute approximate surface area is 90.3 Å². The van der Waals surface area contributed by atoms with Gasteiger partial charge in [-0.3, -0.25) is 9.69 Å². The number of carbonyl (C=O) groups is 1. The van der Waals surface area contributed by atoms with Crippen LogP contribution in [-0.2, 0) is 4.79 Å². The van der Waals surface area contributed by atoms with Crippen molar-refractivity contribution >= 4 is 30.8 Å². The van der Waals surface area contributed by atoms with Crippen molar-refractivity contribution in [2.75, 3.05) is 13.6 Å². The van der Waals surface area contributed by atoms with Gasteiger partial charge in [-0.1, -0.05) is 0 Å². The van der Waals surface area contributed by atoms with E-state index in [9.17, 15) is 4.79 Å².